The van der Waals surface area contributed by atoms with Crippen LogP contribution in [-0.4, -0.2) is 16.3 Å². The molecule has 0 spiro atoms. The van der Waals surface area contributed by atoms with Gasteiger partial charge in [-0.1, -0.05) is 20.8 Å². The van der Waals surface area contributed by atoms with Gasteiger partial charge in [0.1, 0.15) is 0 Å². The van der Waals surface area contributed by atoms with E-state index in [4.69, 9.17) is 0 Å². The van der Waals surface area contributed by atoms with E-state index in [1.54, 1.807) is 12.3 Å². The van der Waals surface area contributed by atoms with Crippen LogP contribution in [0.2, 0.25) is 0 Å². The maximum absolute atomic E-state index is 10.1. The number of nitrogens with one attached hydrogen (secondary N) is 1. The number of hydrogen-bond donors (Lipinski definition) is 1. The number of H-pyrrole nitrogens is 1. The molecule has 1 rings (SSSR count). The Hall–Kier alpha value is -1.41. The van der Waals surface area contributed by atoms with Gasteiger partial charge >= 0.3 is 0 Å². The summed E-state index contributed by atoms with van der Waals surface area (Å²) in [5, 5.41) is 6.92. The van der Waals surface area contributed by atoms with Crippen LogP contribution in [0.1, 0.15) is 45.0 Å². The van der Waals surface area contributed by atoms with Gasteiger partial charge in [-0.05, 0) is 6.92 Å². The largest absolute Gasteiger partial charge is 0.282 e. The van der Waals surface area contributed by atoms with Crippen molar-refractivity contribution in [3.8, 4) is 0 Å². The Balaban J connectivity index is 3.10. The van der Waals surface area contributed by atoms with Crippen LogP contribution in [0.15, 0.2) is 11.2 Å². The van der Waals surface area contributed by atoms with E-state index >= 15 is 0 Å². The molecule has 76 valence electrons. The molecule has 0 bridgehead atoms. The minimum absolute atomic E-state index is 0.0154. The molecule has 4 nitrogen and oxygen atoms in total. The zero-order valence-corrected chi connectivity index (χ0v) is 8.96. The molecule has 0 saturated carbocycles. The monoisotopic (exact) mass is 193 g/mol. The van der Waals surface area contributed by atoms with Crippen LogP contribution < -0.4 is 0 Å². The van der Waals surface area contributed by atoms with Crippen LogP contribution in [0.4, 0.5) is 0 Å². The summed E-state index contributed by atoms with van der Waals surface area (Å²) < 4.78 is 0. The van der Waals surface area contributed by atoms with Crippen LogP contribution in [0.25, 0.3) is 0 Å². The fraction of sp³-hybridized carbons (Fsp3) is 0.600. The summed E-state index contributed by atoms with van der Waals surface area (Å²) in [6, 6.07) is -0.180. The first-order valence-corrected chi connectivity index (χ1v) is 4.57. The summed E-state index contributed by atoms with van der Waals surface area (Å²) in [6.45, 7) is 8.11. The summed E-state index contributed by atoms with van der Waals surface area (Å²) in [7, 11) is 0. The smallest absolute Gasteiger partial charge is 0.235 e. The molecule has 1 heterocycles. The number of nitrogens with zero attached hydrogens (tertiary/aromatic N) is 2. The van der Waals surface area contributed by atoms with E-state index in [0.717, 1.165) is 11.3 Å². The average Bonchev–Trinajstić information content (AvgIpc) is 2.50. The second-order valence-electron chi connectivity index (χ2n) is 4.35. The van der Waals surface area contributed by atoms with Gasteiger partial charge in [0.2, 0.25) is 6.08 Å². The minimum atomic E-state index is -0.180. The van der Waals surface area contributed by atoms with Gasteiger partial charge in [0.25, 0.3) is 0 Å². The standard InChI is InChI=1S/C10H15N3O/c1-7(11-6-14)8-5-12-13-9(8)10(2,3)4/h5,7H,1-4H3,(H,12,13). The fourth-order valence-corrected chi connectivity index (χ4v) is 1.36. The maximum Gasteiger partial charge on any atom is 0.235 e. The highest BCUT2D eigenvalue weighted by atomic mass is 16.1. The topological polar surface area (TPSA) is 58.1 Å². The first-order chi connectivity index (χ1) is 6.46. The summed E-state index contributed by atoms with van der Waals surface area (Å²) >= 11 is 0. The van der Waals surface area contributed by atoms with Crippen molar-refractivity contribution in [2.75, 3.05) is 0 Å². The normalized spacial score (nSPS) is 13.4. The quantitative estimate of drug-likeness (QED) is 0.577. The van der Waals surface area contributed by atoms with Gasteiger partial charge in [-0.3, -0.25) is 5.10 Å². The molecule has 0 radical (unpaired) electrons. The Morgan fingerprint density at radius 3 is 2.71 bits per heavy atom. The highest BCUT2D eigenvalue weighted by Crippen LogP contribution is 2.28. The van der Waals surface area contributed by atoms with Gasteiger partial charge in [-0.2, -0.15) is 10.1 Å². The molecule has 0 aromatic carbocycles. The number of hydrogen-bond acceptors (Lipinski definition) is 3. The van der Waals surface area contributed by atoms with Crippen molar-refractivity contribution in [3.63, 3.8) is 0 Å². The van der Waals surface area contributed by atoms with Crippen molar-refractivity contribution in [1.82, 2.24) is 10.2 Å². The molecule has 0 saturated heterocycles. The SMILES string of the molecule is CC(N=C=O)c1cn[nH]c1C(C)(C)C. The first-order valence-electron chi connectivity index (χ1n) is 4.57. The summed E-state index contributed by atoms with van der Waals surface area (Å²) in [4.78, 5) is 13.8. The van der Waals surface area contributed by atoms with Crippen molar-refractivity contribution in [3.05, 3.63) is 17.5 Å². The van der Waals surface area contributed by atoms with Gasteiger partial charge in [-0.25, -0.2) is 4.79 Å². The summed E-state index contributed by atoms with van der Waals surface area (Å²) in [5.74, 6) is 0. The predicted molar refractivity (Wildman–Crippen MR) is 53.8 cm³/mol. The van der Waals surface area contributed by atoms with E-state index in [1.807, 2.05) is 6.92 Å². The highest BCUT2D eigenvalue weighted by Gasteiger charge is 2.22. The lowest BCUT2D eigenvalue weighted by Gasteiger charge is -2.19. The Bertz CT molecular complexity index is 356. The lowest BCUT2D eigenvalue weighted by atomic mass is 9.88. The minimum Gasteiger partial charge on any atom is -0.282 e. The average molecular weight is 193 g/mol. The van der Waals surface area contributed by atoms with Crippen molar-refractivity contribution in [2.24, 2.45) is 4.99 Å². The Morgan fingerprint density at radius 1 is 1.57 bits per heavy atom. The van der Waals surface area contributed by atoms with Crippen LogP contribution in [0.5, 0.6) is 0 Å². The van der Waals surface area contributed by atoms with Crippen LogP contribution in [-0.2, 0) is 10.2 Å². The molecule has 1 atom stereocenters. The number of aromatic nitrogens is 2. The van der Waals surface area contributed by atoms with Crippen molar-refractivity contribution < 1.29 is 4.79 Å². The molecule has 0 fully saturated rings. The molecule has 14 heavy (non-hydrogen) atoms. The van der Waals surface area contributed by atoms with E-state index in [0.29, 0.717) is 0 Å². The zero-order valence-electron chi connectivity index (χ0n) is 8.96. The fourth-order valence-electron chi connectivity index (χ4n) is 1.36. The first kappa shape index (κ1) is 10.7. The number of aromatic amines is 1. The molecular weight excluding hydrogens is 178 g/mol. The second-order valence-corrected chi connectivity index (χ2v) is 4.35. The Labute approximate surface area is 83.4 Å². The molecule has 0 aliphatic rings. The van der Waals surface area contributed by atoms with E-state index in [9.17, 15) is 4.79 Å². The summed E-state index contributed by atoms with van der Waals surface area (Å²) in [6.07, 6.45) is 3.28. The van der Waals surface area contributed by atoms with Crippen LogP contribution in [0.3, 0.4) is 0 Å². The number of rotatable bonds is 2. The summed E-state index contributed by atoms with van der Waals surface area (Å²) in [5.41, 5.74) is 1.96. The Kier molecular flexibility index (Phi) is 2.87. The molecule has 4 heteroatoms. The second kappa shape index (κ2) is 3.76. The van der Waals surface area contributed by atoms with Gasteiger partial charge in [0.05, 0.1) is 12.2 Å². The molecule has 1 aromatic heterocycles. The number of aliphatic imine (C=N–C) groups is 1. The molecule has 1 aromatic rings. The maximum atomic E-state index is 10.1. The van der Waals surface area contributed by atoms with Crippen molar-refractivity contribution in [2.45, 2.75) is 39.2 Å². The van der Waals surface area contributed by atoms with Crippen molar-refractivity contribution >= 4 is 6.08 Å². The highest BCUT2D eigenvalue weighted by molar-refractivity contribution is 5.36. The van der Waals surface area contributed by atoms with Crippen molar-refractivity contribution in [1.29, 1.82) is 0 Å². The molecule has 1 unspecified atom stereocenters. The van der Waals surface area contributed by atoms with E-state index in [2.05, 4.69) is 36.0 Å². The van der Waals surface area contributed by atoms with E-state index in [1.165, 1.54) is 0 Å². The number of isocyanates is 1. The molecule has 0 amide bonds. The van der Waals surface area contributed by atoms with Gasteiger partial charge in [0, 0.05) is 16.7 Å². The van der Waals surface area contributed by atoms with Gasteiger partial charge < -0.3 is 0 Å². The molecule has 0 aliphatic heterocycles. The molecule has 0 aliphatic carbocycles. The van der Waals surface area contributed by atoms with Gasteiger partial charge in [-0.15, -0.1) is 0 Å². The number of carbonyl (C=O) groups excluding carboxylic acids is 1. The predicted octanol–water partition coefficient (Wildman–Crippen LogP) is 2.10. The third-order valence-corrected chi connectivity index (χ3v) is 2.12. The zero-order chi connectivity index (χ0) is 10.8. The third kappa shape index (κ3) is 2.09. The van der Waals surface area contributed by atoms with E-state index < -0.39 is 0 Å². The third-order valence-electron chi connectivity index (χ3n) is 2.12. The molecule has 1 N–H and O–H groups in total. The lowest BCUT2D eigenvalue weighted by molar-refractivity contribution is 0.547. The van der Waals surface area contributed by atoms with E-state index in [-0.39, 0.29) is 11.5 Å². The van der Waals surface area contributed by atoms with Crippen LogP contribution in [0, 0.1) is 0 Å². The molecular formula is C10H15N3O. The van der Waals surface area contributed by atoms with Gasteiger partial charge in [0.15, 0.2) is 0 Å². The van der Waals surface area contributed by atoms with Crippen LogP contribution >= 0.6 is 0 Å². The lowest BCUT2D eigenvalue weighted by Crippen LogP contribution is -2.14. The Morgan fingerprint density at radius 2 is 2.21 bits per heavy atom.